The van der Waals surface area contributed by atoms with E-state index in [2.05, 4.69) is 20.1 Å². The number of aliphatic hydroxyl groups excluding tert-OH is 3. The molecule has 7 saturated carbocycles. The Labute approximate surface area is 773 Å². The van der Waals surface area contributed by atoms with Crippen LogP contribution in [0.25, 0.3) is 0 Å². The molecule has 2 aromatic carbocycles. The number of phenols is 1. The van der Waals surface area contributed by atoms with Gasteiger partial charge in [-0.25, -0.2) is 9.59 Å². The van der Waals surface area contributed by atoms with Gasteiger partial charge in [0.1, 0.15) is 17.1 Å². The van der Waals surface area contributed by atoms with Crippen LogP contribution >= 0.6 is 0 Å². The first-order chi connectivity index (χ1) is 57.4. The van der Waals surface area contributed by atoms with Crippen molar-refractivity contribution in [2.75, 3.05) is 109 Å². The Bertz CT molecular complexity index is 3230. The largest absolute Gasteiger partial charge is 1.00 e. The van der Waals surface area contributed by atoms with Gasteiger partial charge in [0.2, 0.25) is 0 Å². The molecule has 12 aliphatic rings. The Hall–Kier alpha value is -4.57. The summed E-state index contributed by atoms with van der Waals surface area (Å²) in [5.74, 6) is 5.59. The van der Waals surface area contributed by atoms with Gasteiger partial charge < -0.3 is 94.3 Å². The third-order valence-corrected chi connectivity index (χ3v) is 26.2. The molecule has 31 heteroatoms. The number of carbonyl (C=O) groups is 6. The van der Waals surface area contributed by atoms with Gasteiger partial charge in [-0.05, 0) is 334 Å². The van der Waals surface area contributed by atoms with Crippen molar-refractivity contribution in [3.63, 3.8) is 0 Å². The molecule has 5 heterocycles. The number of hydrogen-bond acceptors (Lipinski definition) is 23. The number of phenolic OH excluding ortho intramolecular Hbond substituents is 1. The number of carbonyl (C=O) groups excluding carboxylic acids is 6. The second kappa shape index (κ2) is 69.4. The zero-order chi connectivity index (χ0) is 86.6. The SMILES string of the molecule is C1=COCCC1.COC(=O)C1CCC(C2CCCCO2)CC1.COC(=O)C1CCC(O)CC1.COC(=O)c1ccc(O)cc1.COCC1CCC(=O)CC1.COCC1CCC(C2CCCCO2)CC1.COCC1CCC(O)CC1.COCC1CCC2(CC1)NC(=O)NC2=O.Cc1ccc(S(=O)(=O)O)cc1.OCC1CCC(C2CCCCO2)CC1.[2H-].[AlH3].[BH4-].[CH3-].[F-].[H-].[H-].[HH].[Li+]. The van der Waals surface area contributed by atoms with Crippen molar-refractivity contribution >= 4 is 71.5 Å². The molecule has 3 unspecified atom stereocenters. The number of imide groups is 1. The number of rotatable bonds is 16. The number of ketones is 1. The zero-order valence-corrected chi connectivity index (χ0v) is 76.5. The summed E-state index contributed by atoms with van der Waals surface area (Å²) in [5, 5.41) is 41.2. The third kappa shape index (κ3) is 47.8. The van der Waals surface area contributed by atoms with Crippen molar-refractivity contribution in [3.8, 4) is 5.75 Å². The van der Waals surface area contributed by atoms with Crippen LogP contribution in [0.3, 0.4) is 0 Å². The van der Waals surface area contributed by atoms with Crippen LogP contribution in [0.5, 0.6) is 5.75 Å². The average molecular weight is 1790 g/mol. The predicted octanol–water partition coefficient (Wildman–Crippen LogP) is 7.72. The van der Waals surface area contributed by atoms with Crippen molar-refractivity contribution in [1.29, 1.82) is 0 Å². The monoisotopic (exact) mass is 1790 g/mol. The fourth-order valence-electron chi connectivity index (χ4n) is 17.8. The molecule has 11 fully saturated rings. The van der Waals surface area contributed by atoms with Gasteiger partial charge in [-0.2, -0.15) is 8.42 Å². The summed E-state index contributed by atoms with van der Waals surface area (Å²) in [6.07, 6.45) is 47.9. The van der Waals surface area contributed by atoms with E-state index < -0.39 is 21.6 Å². The minimum Gasteiger partial charge on any atom is -1.00 e. The fraction of sp³-hybridized carbons (Fsp3) is 0.774. The number of benzene rings is 2. The Morgan fingerprint density at radius 1 is 0.516 bits per heavy atom. The average Bonchev–Trinajstić information content (AvgIpc) is 1.64. The first-order valence-corrected chi connectivity index (χ1v) is 46.1. The number of esters is 3. The number of hydrogen-bond donors (Lipinski definition) is 7. The topological polar surface area (TPSA) is 363 Å². The van der Waals surface area contributed by atoms with Crippen molar-refractivity contribution in [1.82, 2.24) is 10.6 Å². The smallest absolute Gasteiger partial charge is 1.00 e. The van der Waals surface area contributed by atoms with Crippen molar-refractivity contribution in [3.05, 3.63) is 79.4 Å². The summed E-state index contributed by atoms with van der Waals surface area (Å²) in [7, 11) is 7.15. The van der Waals surface area contributed by atoms with Crippen molar-refractivity contribution in [2.24, 2.45) is 59.2 Å². The molecular formula is C93H167AlBFLiN2O24S-5. The number of urea groups is 1. The molecular weight excluding hydrogens is 1620 g/mol. The predicted molar refractivity (Wildman–Crippen MR) is 488 cm³/mol. The van der Waals surface area contributed by atoms with Crippen LogP contribution in [0.2, 0.25) is 0 Å². The number of methoxy groups -OCH3 is 7. The maximum atomic E-state index is 11.6. The maximum absolute atomic E-state index is 11.6. The Balaban J connectivity index is -0.000000438. The molecule has 7 N–H and O–H groups in total. The molecule has 4 saturated heterocycles. The van der Waals surface area contributed by atoms with Gasteiger partial charge in [-0.15, -0.1) is 0 Å². The van der Waals surface area contributed by atoms with E-state index >= 15 is 0 Å². The number of aliphatic hydroxyl groups is 3. The normalized spacial score (nSPS) is 28.0. The van der Waals surface area contributed by atoms with Crippen molar-refractivity contribution < 1.29 is 144 Å². The maximum Gasteiger partial charge on any atom is 1.00 e. The molecule has 124 heavy (non-hydrogen) atoms. The zero-order valence-electron chi connectivity index (χ0n) is 78.7. The minimum absolute atomic E-state index is 0. The van der Waals surface area contributed by atoms with Gasteiger partial charge in [0.25, 0.3) is 16.0 Å². The van der Waals surface area contributed by atoms with Crippen molar-refractivity contribution in [2.45, 2.75) is 298 Å². The van der Waals surface area contributed by atoms with Crippen LogP contribution in [0, 0.1) is 73.5 Å². The van der Waals surface area contributed by atoms with E-state index in [4.69, 9.17) is 67.6 Å². The molecule has 0 bridgehead atoms. The number of aromatic hydroxyl groups is 1. The van der Waals surface area contributed by atoms with E-state index in [1.807, 2.05) is 20.1 Å². The Kier molecular flexibility index (Phi) is 66.8. The third-order valence-electron chi connectivity index (χ3n) is 25.3. The molecule has 7 aliphatic carbocycles. The van der Waals surface area contributed by atoms with Gasteiger partial charge in [-0.3, -0.25) is 29.0 Å². The van der Waals surface area contributed by atoms with Crippen LogP contribution in [0.1, 0.15) is 272 Å². The van der Waals surface area contributed by atoms with E-state index in [0.29, 0.717) is 65.9 Å². The van der Waals surface area contributed by atoms with E-state index in [0.717, 1.165) is 205 Å². The van der Waals surface area contributed by atoms with E-state index in [1.54, 1.807) is 39.7 Å². The summed E-state index contributed by atoms with van der Waals surface area (Å²) in [6, 6.07) is 11.5. The first-order valence-electron chi connectivity index (χ1n) is 44.7. The number of ether oxygens (including phenoxy) is 11. The summed E-state index contributed by atoms with van der Waals surface area (Å²) in [6.45, 7) is 9.45. The molecule has 0 radical (unpaired) electrons. The number of nitrogens with one attached hydrogen (secondary N) is 2. The standard InChI is InChI=1S/C13H22O3.C13H24O2.C12H22O2.C10H16N2O3.C8H14O3.C8H8O3.C8H16O2.C8H14O2.C7H8O3S.C5H8O.CH3.Al.BH4.FH.Li.H2.6H/c1-15-13(14)11-7-5-10(6-8-11)12-4-2-3-9-16-12;1-14-10-11-5-7-12(8-6-11)13-4-2-3-9-15-13;13-9-10-4-6-11(7-5-10)12-3-1-2-8-14-12;1-15-6-7-2-4-10(5-3-7)8(13)11-9(14)12-10;2*1-11-8(10)6-2-4-7(9)5-3-6;2*1-10-6-7-2-4-8(9)5-3-7;1-6-2-4-7(5-3-6)11(8,9)10;1-2-4-6-5-3-1;;;;;;;;;;;;/h10-12H,2-9H2,1H3;11-13H,2-10H2,1H3;10-13H,1-9H2;7H,2-6H2,1H3,(H2,11,12,13,14);6-7,9H,2-5H2,1H3;2-5,9H,1H3;7-9H,2-6H2,1H3;7H,2-6H2,1H3;2-5H,1H3,(H,8,9,10);2,4H,1,3,5H2;1H3;;1H4;1H;;1H;;;;;;/q;;;;;;;;;;-1;;-1;;+1;;-1;;;;2*-1/p-1/i;;;;;;;;;;;;;;;;1+1;;;;;. The molecule has 26 nitrogen and oxygen atoms in total. The number of aryl methyl sites for hydroxylation is 1. The molecule has 718 valence electrons. The number of halogens is 1. The summed E-state index contributed by atoms with van der Waals surface area (Å²) < 4.78 is 86.2. The fourth-order valence-corrected chi connectivity index (χ4v) is 18.3. The molecule has 3 atom stereocenters. The van der Waals surface area contributed by atoms with Gasteiger partial charge in [0.15, 0.2) is 17.4 Å². The van der Waals surface area contributed by atoms with E-state index in [1.165, 1.54) is 180 Å². The quantitative estimate of drug-likeness (QED) is 0.0211. The van der Waals surface area contributed by atoms with Gasteiger partial charge >= 0.3 is 42.8 Å². The summed E-state index contributed by atoms with van der Waals surface area (Å²) in [4.78, 5) is 66.6. The second-order valence-corrected chi connectivity index (χ2v) is 35.7. The molecule has 3 amide bonds. The van der Waals surface area contributed by atoms with Crippen LogP contribution < -0.4 is 34.2 Å². The van der Waals surface area contributed by atoms with Gasteiger partial charge in [0.05, 0.1) is 87.0 Å². The van der Waals surface area contributed by atoms with Gasteiger partial charge in [0, 0.05) is 95.6 Å². The molecule has 0 aromatic heterocycles. The first kappa shape index (κ1) is 119. The summed E-state index contributed by atoms with van der Waals surface area (Å²) in [5.41, 5.74) is 0.768. The number of amides is 3. The van der Waals surface area contributed by atoms with Gasteiger partial charge in [-0.1, -0.05) is 26.1 Å². The van der Waals surface area contributed by atoms with Crippen LogP contribution in [0.15, 0.2) is 65.8 Å². The Morgan fingerprint density at radius 3 is 1.22 bits per heavy atom. The number of allylic oxidation sites excluding steroid dienone is 1. The molecule has 2 aromatic rings. The van der Waals surface area contributed by atoms with Crippen LogP contribution in [-0.2, 0) is 81.4 Å². The summed E-state index contributed by atoms with van der Waals surface area (Å²) >= 11 is 0. The Morgan fingerprint density at radius 2 is 0.895 bits per heavy atom. The van der Waals surface area contributed by atoms with Crippen LogP contribution in [-0.4, -0.2) is 240 Å². The molecule has 1 spiro atoms. The number of Topliss-reactive ketones (excluding diaryl/α,β-unsaturated/α-hetero) is 1. The van der Waals surface area contributed by atoms with E-state index in [9.17, 15) is 37.2 Å². The second-order valence-electron chi connectivity index (χ2n) is 34.2. The molecule has 5 aliphatic heterocycles. The molecule has 14 rings (SSSR count). The van der Waals surface area contributed by atoms with Crippen LogP contribution in [0.4, 0.5) is 4.79 Å². The minimum atomic E-state index is -4.02. The van der Waals surface area contributed by atoms with E-state index in [-0.39, 0.29) is 121 Å².